The average Bonchev–Trinajstić information content (AvgIpc) is 2.78. The maximum Gasteiger partial charge on any atom is 0.141 e. The summed E-state index contributed by atoms with van der Waals surface area (Å²) in [6, 6.07) is 15.0. The SMILES string of the molecule is C=CCN1Cc2cccnc2-n2c(cc3ccccc32)C1. The van der Waals surface area contributed by atoms with Crippen LogP contribution in [0.4, 0.5) is 0 Å². The number of aromatic nitrogens is 2. The van der Waals surface area contributed by atoms with E-state index in [1.807, 2.05) is 18.3 Å². The number of pyridine rings is 1. The van der Waals surface area contributed by atoms with E-state index in [4.69, 9.17) is 0 Å². The quantitative estimate of drug-likeness (QED) is 0.667. The molecule has 1 aromatic carbocycles. The maximum absolute atomic E-state index is 4.65. The summed E-state index contributed by atoms with van der Waals surface area (Å²) in [5, 5.41) is 1.27. The van der Waals surface area contributed by atoms with Gasteiger partial charge in [-0.3, -0.25) is 9.47 Å². The molecule has 3 heterocycles. The van der Waals surface area contributed by atoms with Gasteiger partial charge in [0.2, 0.25) is 0 Å². The lowest BCUT2D eigenvalue weighted by molar-refractivity contribution is 0.287. The van der Waals surface area contributed by atoms with Gasteiger partial charge in [-0.25, -0.2) is 4.98 Å². The minimum atomic E-state index is 0.885. The largest absolute Gasteiger partial charge is 0.297 e. The lowest BCUT2D eigenvalue weighted by Crippen LogP contribution is -2.21. The zero-order chi connectivity index (χ0) is 14.2. The van der Waals surface area contributed by atoms with Crippen molar-refractivity contribution in [1.29, 1.82) is 0 Å². The predicted molar refractivity (Wildman–Crippen MR) is 85.4 cm³/mol. The number of rotatable bonds is 2. The van der Waals surface area contributed by atoms with E-state index in [2.05, 4.69) is 57.4 Å². The van der Waals surface area contributed by atoms with Crippen molar-refractivity contribution >= 4 is 10.9 Å². The Hall–Kier alpha value is -2.39. The molecule has 0 fully saturated rings. The fraction of sp³-hybridized carbons (Fsp3) is 0.167. The summed E-state index contributed by atoms with van der Waals surface area (Å²) < 4.78 is 2.30. The molecule has 0 saturated heterocycles. The van der Waals surface area contributed by atoms with Gasteiger partial charge in [0.25, 0.3) is 0 Å². The Labute approximate surface area is 124 Å². The first kappa shape index (κ1) is 12.4. The summed E-state index contributed by atoms with van der Waals surface area (Å²) in [4.78, 5) is 7.04. The third-order valence-electron chi connectivity index (χ3n) is 4.03. The van der Waals surface area contributed by atoms with Crippen molar-refractivity contribution in [2.45, 2.75) is 13.1 Å². The molecule has 1 aliphatic rings. The van der Waals surface area contributed by atoms with Crippen molar-refractivity contribution in [3.05, 3.63) is 72.6 Å². The molecular formula is C18H17N3. The predicted octanol–water partition coefficient (Wildman–Crippen LogP) is 3.53. The van der Waals surface area contributed by atoms with Crippen LogP contribution in [0.15, 0.2) is 61.3 Å². The van der Waals surface area contributed by atoms with E-state index >= 15 is 0 Å². The Morgan fingerprint density at radius 3 is 2.95 bits per heavy atom. The van der Waals surface area contributed by atoms with E-state index in [1.54, 1.807) is 0 Å². The van der Waals surface area contributed by atoms with E-state index in [1.165, 1.54) is 22.2 Å². The van der Waals surface area contributed by atoms with Gasteiger partial charge in [0.15, 0.2) is 0 Å². The molecule has 104 valence electrons. The summed E-state index contributed by atoms with van der Waals surface area (Å²) >= 11 is 0. The van der Waals surface area contributed by atoms with Crippen LogP contribution >= 0.6 is 0 Å². The maximum atomic E-state index is 4.65. The Kier molecular flexibility index (Phi) is 2.86. The molecule has 0 unspecified atom stereocenters. The van der Waals surface area contributed by atoms with Gasteiger partial charge < -0.3 is 0 Å². The second kappa shape index (κ2) is 4.86. The van der Waals surface area contributed by atoms with Crippen LogP contribution < -0.4 is 0 Å². The number of nitrogens with zero attached hydrogens (tertiary/aromatic N) is 3. The molecule has 0 radical (unpaired) electrons. The highest BCUT2D eigenvalue weighted by Gasteiger charge is 2.21. The minimum Gasteiger partial charge on any atom is -0.297 e. The van der Waals surface area contributed by atoms with Crippen LogP contribution in [0.1, 0.15) is 11.3 Å². The summed E-state index contributed by atoms with van der Waals surface area (Å²) in [5.74, 6) is 1.06. The Morgan fingerprint density at radius 2 is 2.05 bits per heavy atom. The van der Waals surface area contributed by atoms with Gasteiger partial charge in [-0.15, -0.1) is 6.58 Å². The molecule has 3 heteroatoms. The van der Waals surface area contributed by atoms with Gasteiger partial charge in [0.05, 0.1) is 5.52 Å². The topological polar surface area (TPSA) is 21.1 Å². The molecule has 0 aliphatic carbocycles. The van der Waals surface area contributed by atoms with Gasteiger partial charge >= 0.3 is 0 Å². The van der Waals surface area contributed by atoms with E-state index in [-0.39, 0.29) is 0 Å². The highest BCUT2D eigenvalue weighted by molar-refractivity contribution is 5.83. The van der Waals surface area contributed by atoms with Crippen molar-refractivity contribution in [3.63, 3.8) is 0 Å². The molecule has 0 spiro atoms. The molecule has 3 aromatic rings. The van der Waals surface area contributed by atoms with Gasteiger partial charge in [-0.05, 0) is 18.2 Å². The first-order valence-electron chi connectivity index (χ1n) is 7.23. The van der Waals surface area contributed by atoms with Gasteiger partial charge in [0, 0.05) is 42.5 Å². The monoisotopic (exact) mass is 275 g/mol. The number of para-hydroxylation sites is 1. The molecule has 0 saturated carbocycles. The van der Waals surface area contributed by atoms with Crippen molar-refractivity contribution in [2.75, 3.05) is 6.54 Å². The zero-order valence-corrected chi connectivity index (χ0v) is 11.9. The van der Waals surface area contributed by atoms with E-state index in [9.17, 15) is 0 Å². The van der Waals surface area contributed by atoms with Crippen LogP contribution in [0, 0.1) is 0 Å². The van der Waals surface area contributed by atoms with Crippen LogP contribution in [0.5, 0.6) is 0 Å². The molecule has 0 bridgehead atoms. The standard InChI is InChI=1S/C18H17N3/c1-2-10-20-12-15-7-5-9-19-18(15)21-16(13-20)11-14-6-3-4-8-17(14)21/h2-9,11H,1,10,12-13H2. The lowest BCUT2D eigenvalue weighted by atomic mass is 10.2. The Balaban J connectivity index is 2.00. The fourth-order valence-electron chi connectivity index (χ4n) is 3.17. The van der Waals surface area contributed by atoms with Gasteiger partial charge in [-0.2, -0.15) is 0 Å². The molecule has 1 aliphatic heterocycles. The van der Waals surface area contributed by atoms with E-state index in [0.29, 0.717) is 0 Å². The van der Waals surface area contributed by atoms with Crippen LogP contribution in [-0.2, 0) is 13.1 Å². The molecule has 3 nitrogen and oxygen atoms in total. The fourth-order valence-corrected chi connectivity index (χ4v) is 3.17. The van der Waals surface area contributed by atoms with Crippen LogP contribution in [0.25, 0.3) is 16.7 Å². The minimum absolute atomic E-state index is 0.885. The normalized spacial score (nSPS) is 14.5. The average molecular weight is 275 g/mol. The van der Waals surface area contributed by atoms with Crippen LogP contribution in [0.2, 0.25) is 0 Å². The van der Waals surface area contributed by atoms with Crippen molar-refractivity contribution in [3.8, 4) is 5.82 Å². The summed E-state index contributed by atoms with van der Waals surface area (Å²) in [7, 11) is 0. The highest BCUT2D eigenvalue weighted by Crippen LogP contribution is 2.29. The first-order valence-corrected chi connectivity index (χ1v) is 7.23. The summed E-state index contributed by atoms with van der Waals surface area (Å²) in [5.41, 5.74) is 3.78. The van der Waals surface area contributed by atoms with Crippen molar-refractivity contribution in [2.24, 2.45) is 0 Å². The number of benzene rings is 1. The molecule has 4 rings (SSSR count). The lowest BCUT2D eigenvalue weighted by Gasteiger charge is -2.17. The van der Waals surface area contributed by atoms with Crippen molar-refractivity contribution < 1.29 is 0 Å². The van der Waals surface area contributed by atoms with Gasteiger partial charge in [-0.1, -0.05) is 30.3 Å². The van der Waals surface area contributed by atoms with Crippen LogP contribution in [0.3, 0.4) is 0 Å². The summed E-state index contributed by atoms with van der Waals surface area (Å²) in [6.07, 6.45) is 3.84. The van der Waals surface area contributed by atoms with Gasteiger partial charge in [0.1, 0.15) is 5.82 Å². The number of fused-ring (bicyclic) bond motifs is 5. The summed E-state index contributed by atoms with van der Waals surface area (Å²) in [6.45, 7) is 6.58. The smallest absolute Gasteiger partial charge is 0.141 e. The first-order chi connectivity index (χ1) is 10.4. The second-order valence-electron chi connectivity index (χ2n) is 5.47. The number of hydrogen-bond donors (Lipinski definition) is 0. The molecule has 21 heavy (non-hydrogen) atoms. The molecule has 0 atom stereocenters. The van der Waals surface area contributed by atoms with E-state index in [0.717, 1.165) is 25.5 Å². The molecule has 0 N–H and O–H groups in total. The third kappa shape index (κ3) is 1.98. The van der Waals surface area contributed by atoms with E-state index < -0.39 is 0 Å². The molecular weight excluding hydrogens is 258 g/mol. The molecule has 2 aromatic heterocycles. The molecule has 0 amide bonds. The Morgan fingerprint density at radius 1 is 1.14 bits per heavy atom. The number of hydrogen-bond acceptors (Lipinski definition) is 2. The van der Waals surface area contributed by atoms with Crippen LogP contribution in [-0.4, -0.2) is 21.0 Å². The second-order valence-corrected chi connectivity index (χ2v) is 5.47. The Bertz CT molecular complexity index is 816. The zero-order valence-electron chi connectivity index (χ0n) is 11.9. The van der Waals surface area contributed by atoms with Crippen molar-refractivity contribution in [1.82, 2.24) is 14.5 Å². The highest BCUT2D eigenvalue weighted by atomic mass is 15.2. The third-order valence-corrected chi connectivity index (χ3v) is 4.03.